The summed E-state index contributed by atoms with van der Waals surface area (Å²) in [6, 6.07) is 0. The van der Waals surface area contributed by atoms with Gasteiger partial charge in [0.05, 0.1) is 6.61 Å². The van der Waals surface area contributed by atoms with Gasteiger partial charge in [0.1, 0.15) is 0 Å². The van der Waals surface area contributed by atoms with Crippen LogP contribution in [0, 0.1) is 5.92 Å². The third kappa shape index (κ3) is 6.18. The van der Waals surface area contributed by atoms with E-state index < -0.39 is 10.2 Å². The summed E-state index contributed by atoms with van der Waals surface area (Å²) < 4.78 is 33.2. The van der Waals surface area contributed by atoms with E-state index in [-0.39, 0.29) is 12.5 Å². The molecule has 1 aliphatic rings. The van der Waals surface area contributed by atoms with Gasteiger partial charge in [-0.1, -0.05) is 13.3 Å². The lowest BCUT2D eigenvalue weighted by atomic mass is 10.00. The van der Waals surface area contributed by atoms with E-state index in [0.717, 1.165) is 25.7 Å². The summed E-state index contributed by atoms with van der Waals surface area (Å²) in [5.41, 5.74) is 0. The van der Waals surface area contributed by atoms with Gasteiger partial charge < -0.3 is 9.84 Å². The van der Waals surface area contributed by atoms with Crippen LogP contribution in [0.25, 0.3) is 0 Å². The van der Waals surface area contributed by atoms with Crippen molar-refractivity contribution in [2.24, 2.45) is 5.92 Å². The molecule has 0 spiro atoms. The molecule has 0 aliphatic carbocycles. The molecule has 0 amide bonds. The van der Waals surface area contributed by atoms with Crippen molar-refractivity contribution in [3.63, 3.8) is 0 Å². The maximum absolute atomic E-state index is 12.0. The minimum absolute atomic E-state index is 0.145. The highest BCUT2D eigenvalue weighted by atomic mass is 32.2. The Balaban J connectivity index is 2.21. The summed E-state index contributed by atoms with van der Waals surface area (Å²) in [7, 11) is -3.39. The Hall–Kier alpha value is -0.210. The zero-order valence-corrected chi connectivity index (χ0v) is 12.5. The fourth-order valence-electron chi connectivity index (χ4n) is 2.01. The van der Waals surface area contributed by atoms with E-state index in [0.29, 0.717) is 32.8 Å². The molecule has 0 aromatic carbocycles. The summed E-state index contributed by atoms with van der Waals surface area (Å²) in [6.45, 7) is 4.60. The highest BCUT2D eigenvalue weighted by Crippen LogP contribution is 2.18. The van der Waals surface area contributed by atoms with Crippen LogP contribution in [0.2, 0.25) is 0 Å². The summed E-state index contributed by atoms with van der Waals surface area (Å²) in [5.74, 6) is 0.240. The first-order valence-corrected chi connectivity index (χ1v) is 8.47. The summed E-state index contributed by atoms with van der Waals surface area (Å²) in [4.78, 5) is 0. The molecule has 1 heterocycles. The molecule has 1 aliphatic heterocycles. The summed E-state index contributed by atoms with van der Waals surface area (Å²) >= 11 is 0. The number of ether oxygens (including phenoxy) is 1. The molecule has 0 unspecified atom stereocenters. The number of rotatable bonds is 9. The lowest BCUT2D eigenvalue weighted by Gasteiger charge is -2.30. The van der Waals surface area contributed by atoms with E-state index in [4.69, 9.17) is 9.84 Å². The van der Waals surface area contributed by atoms with E-state index in [9.17, 15) is 8.42 Å². The fourth-order valence-corrected chi connectivity index (χ4v) is 3.23. The number of aliphatic hydroxyl groups is 1. The van der Waals surface area contributed by atoms with Crippen molar-refractivity contribution in [2.45, 2.75) is 32.6 Å². The Labute approximate surface area is 116 Å². The molecule has 0 radical (unpaired) electrons. The average Bonchev–Trinajstić information content (AvgIpc) is 2.43. The van der Waals surface area contributed by atoms with Crippen LogP contribution in [0.1, 0.15) is 32.6 Å². The Bertz CT molecular complexity index is 327. The lowest BCUT2D eigenvalue weighted by Crippen LogP contribution is -2.46. The van der Waals surface area contributed by atoms with Crippen molar-refractivity contribution < 1.29 is 18.3 Å². The lowest BCUT2D eigenvalue weighted by molar-refractivity contribution is 0.135. The Morgan fingerprint density at radius 3 is 2.58 bits per heavy atom. The number of nitrogens with zero attached hydrogens (tertiary/aromatic N) is 1. The van der Waals surface area contributed by atoms with Crippen LogP contribution in [0.3, 0.4) is 0 Å². The Morgan fingerprint density at radius 2 is 2.00 bits per heavy atom. The van der Waals surface area contributed by atoms with E-state index >= 15 is 0 Å². The predicted octanol–water partition coefficient (Wildman–Crippen LogP) is 0.342. The van der Waals surface area contributed by atoms with Crippen LogP contribution >= 0.6 is 0 Å². The van der Waals surface area contributed by atoms with Crippen LogP contribution in [0.15, 0.2) is 0 Å². The number of hydrogen-bond donors (Lipinski definition) is 2. The maximum Gasteiger partial charge on any atom is 0.279 e. The molecule has 19 heavy (non-hydrogen) atoms. The minimum Gasteiger partial charge on any atom is -0.396 e. The Morgan fingerprint density at radius 1 is 1.32 bits per heavy atom. The van der Waals surface area contributed by atoms with Gasteiger partial charge in [-0.25, -0.2) is 0 Å². The van der Waals surface area contributed by atoms with Gasteiger partial charge in [0.2, 0.25) is 0 Å². The molecule has 0 aromatic rings. The molecular weight excluding hydrogens is 268 g/mol. The molecule has 1 saturated heterocycles. The van der Waals surface area contributed by atoms with Crippen LogP contribution < -0.4 is 4.72 Å². The molecule has 2 N–H and O–H groups in total. The summed E-state index contributed by atoms with van der Waals surface area (Å²) in [5, 5.41) is 9.02. The number of hydrogen-bond acceptors (Lipinski definition) is 4. The normalized spacial score (nSPS) is 18.8. The SMILES string of the molecule is CCCCOCCNS(=O)(=O)N1CCC(CO)CC1. The third-order valence-corrected chi connectivity index (χ3v) is 4.96. The molecule has 0 bridgehead atoms. The second-order valence-corrected chi connectivity index (χ2v) is 6.65. The van der Waals surface area contributed by atoms with Crippen LogP contribution in [-0.4, -0.2) is 57.3 Å². The highest BCUT2D eigenvalue weighted by molar-refractivity contribution is 7.87. The molecule has 114 valence electrons. The third-order valence-electron chi connectivity index (χ3n) is 3.34. The topological polar surface area (TPSA) is 78.9 Å². The predicted molar refractivity (Wildman–Crippen MR) is 74.0 cm³/mol. The number of unbranched alkanes of at least 4 members (excludes halogenated alkanes) is 1. The van der Waals surface area contributed by atoms with Gasteiger partial charge in [-0.3, -0.25) is 0 Å². The smallest absolute Gasteiger partial charge is 0.279 e. The quantitative estimate of drug-likeness (QED) is 0.601. The van der Waals surface area contributed by atoms with Crippen LogP contribution in [0.4, 0.5) is 0 Å². The molecule has 0 saturated carbocycles. The van der Waals surface area contributed by atoms with Gasteiger partial charge >= 0.3 is 0 Å². The Kier molecular flexibility index (Phi) is 7.86. The molecule has 0 aromatic heterocycles. The van der Waals surface area contributed by atoms with Gasteiger partial charge in [-0.15, -0.1) is 0 Å². The number of nitrogens with one attached hydrogen (secondary N) is 1. The molecule has 0 atom stereocenters. The first-order chi connectivity index (χ1) is 9.10. The second-order valence-electron chi connectivity index (χ2n) is 4.89. The zero-order chi connectivity index (χ0) is 14.1. The van der Waals surface area contributed by atoms with E-state index in [1.165, 1.54) is 4.31 Å². The molecule has 1 rings (SSSR count). The maximum atomic E-state index is 12.0. The van der Waals surface area contributed by atoms with Crippen LogP contribution in [-0.2, 0) is 14.9 Å². The van der Waals surface area contributed by atoms with Gasteiger partial charge in [0.15, 0.2) is 0 Å². The minimum atomic E-state index is -3.39. The first-order valence-electron chi connectivity index (χ1n) is 7.03. The number of piperidine rings is 1. The van der Waals surface area contributed by atoms with Gasteiger partial charge in [-0.05, 0) is 25.2 Å². The van der Waals surface area contributed by atoms with Crippen molar-refractivity contribution in [3.05, 3.63) is 0 Å². The average molecular weight is 294 g/mol. The zero-order valence-electron chi connectivity index (χ0n) is 11.7. The molecule has 1 fully saturated rings. The van der Waals surface area contributed by atoms with Gasteiger partial charge in [-0.2, -0.15) is 17.4 Å². The van der Waals surface area contributed by atoms with Crippen molar-refractivity contribution in [3.8, 4) is 0 Å². The van der Waals surface area contributed by atoms with Crippen molar-refractivity contribution in [1.82, 2.24) is 9.03 Å². The monoisotopic (exact) mass is 294 g/mol. The highest BCUT2D eigenvalue weighted by Gasteiger charge is 2.27. The largest absolute Gasteiger partial charge is 0.396 e. The summed E-state index contributed by atoms with van der Waals surface area (Å²) in [6.07, 6.45) is 3.53. The van der Waals surface area contributed by atoms with E-state index in [1.807, 2.05) is 0 Å². The van der Waals surface area contributed by atoms with Crippen molar-refractivity contribution in [1.29, 1.82) is 0 Å². The molecular formula is C12H26N2O4S. The van der Waals surface area contributed by atoms with Crippen molar-refractivity contribution in [2.75, 3.05) is 39.5 Å². The molecule has 7 heteroatoms. The molecule has 6 nitrogen and oxygen atoms in total. The standard InChI is InChI=1S/C12H26N2O4S/c1-2-3-9-18-10-6-13-19(16,17)14-7-4-12(11-15)5-8-14/h12-13,15H,2-11H2,1H3. The van der Waals surface area contributed by atoms with E-state index in [1.54, 1.807) is 0 Å². The van der Waals surface area contributed by atoms with Gasteiger partial charge in [0.25, 0.3) is 10.2 Å². The number of aliphatic hydroxyl groups excluding tert-OH is 1. The van der Waals surface area contributed by atoms with E-state index in [2.05, 4.69) is 11.6 Å². The van der Waals surface area contributed by atoms with Crippen molar-refractivity contribution >= 4 is 10.2 Å². The fraction of sp³-hybridized carbons (Fsp3) is 1.00. The second kappa shape index (κ2) is 8.86. The van der Waals surface area contributed by atoms with Gasteiger partial charge in [0, 0.05) is 32.8 Å². The van der Waals surface area contributed by atoms with Crippen LogP contribution in [0.5, 0.6) is 0 Å². The first kappa shape index (κ1) is 16.8.